The lowest BCUT2D eigenvalue weighted by Crippen LogP contribution is -2.29. The van der Waals surface area contributed by atoms with Crippen molar-refractivity contribution in [1.82, 2.24) is 10.3 Å². The number of aromatic nitrogens is 1. The number of carbonyl (C=O) groups excluding carboxylic acids is 3. The fourth-order valence-electron chi connectivity index (χ4n) is 2.43. The highest BCUT2D eigenvalue weighted by Gasteiger charge is 2.16. The number of nitrogens with one attached hydrogen (secondary N) is 3. The van der Waals surface area contributed by atoms with Gasteiger partial charge in [0.1, 0.15) is 17.2 Å². The van der Waals surface area contributed by atoms with E-state index in [2.05, 4.69) is 36.9 Å². The largest absolute Gasteiger partial charge is 0.457 e. The minimum Gasteiger partial charge on any atom is -0.457 e. The zero-order chi connectivity index (χ0) is 22.4. The third-order valence-electron chi connectivity index (χ3n) is 3.92. The van der Waals surface area contributed by atoms with Crippen molar-refractivity contribution in [3.05, 3.63) is 76.0 Å². The van der Waals surface area contributed by atoms with E-state index < -0.39 is 11.8 Å². The van der Waals surface area contributed by atoms with E-state index in [1.165, 1.54) is 19.3 Å². The summed E-state index contributed by atoms with van der Waals surface area (Å²) in [6.07, 6.45) is 1.46. The molecule has 3 aromatic rings. The van der Waals surface area contributed by atoms with Crippen LogP contribution in [0.3, 0.4) is 0 Å². The lowest BCUT2D eigenvalue weighted by Gasteiger charge is -2.10. The van der Waals surface area contributed by atoms with Crippen LogP contribution >= 0.6 is 27.5 Å². The molecule has 1 aromatic heterocycles. The molecule has 0 atom stereocenters. The molecule has 0 aliphatic heterocycles. The van der Waals surface area contributed by atoms with Gasteiger partial charge in [0.15, 0.2) is 0 Å². The highest BCUT2D eigenvalue weighted by Crippen LogP contribution is 2.26. The summed E-state index contributed by atoms with van der Waals surface area (Å²) >= 11 is 9.31. The second kappa shape index (κ2) is 10.1. The summed E-state index contributed by atoms with van der Waals surface area (Å²) in [4.78, 5) is 39.9. The molecule has 0 fully saturated rings. The first-order valence-electron chi connectivity index (χ1n) is 8.89. The minimum absolute atomic E-state index is 0.223. The fourth-order valence-corrected chi connectivity index (χ4v) is 3.15. The summed E-state index contributed by atoms with van der Waals surface area (Å²) in [5, 5.41) is 7.73. The Hall–Kier alpha value is -3.43. The molecule has 0 unspecified atom stereocenters. The van der Waals surface area contributed by atoms with Crippen LogP contribution in [0.25, 0.3) is 0 Å². The molecule has 0 spiro atoms. The zero-order valence-corrected chi connectivity index (χ0v) is 18.5. The molecule has 158 valence electrons. The van der Waals surface area contributed by atoms with E-state index >= 15 is 0 Å². The van der Waals surface area contributed by atoms with Crippen LogP contribution in [0.15, 0.2) is 65.3 Å². The van der Waals surface area contributed by atoms with Gasteiger partial charge in [0.05, 0.1) is 10.7 Å². The van der Waals surface area contributed by atoms with Crippen LogP contribution in [-0.4, -0.2) is 29.8 Å². The normalized spacial score (nSPS) is 10.2. The Morgan fingerprint density at radius 1 is 0.935 bits per heavy atom. The summed E-state index contributed by atoms with van der Waals surface area (Å²) < 4.78 is 6.44. The highest BCUT2D eigenvalue weighted by atomic mass is 79.9. The van der Waals surface area contributed by atoms with Gasteiger partial charge >= 0.3 is 11.8 Å². The molecule has 2 aromatic carbocycles. The number of pyridine rings is 1. The number of nitrogens with zero attached hydrogens (tertiary/aromatic N) is 1. The van der Waals surface area contributed by atoms with E-state index in [0.29, 0.717) is 27.9 Å². The van der Waals surface area contributed by atoms with Crippen LogP contribution in [0.4, 0.5) is 11.4 Å². The number of carbonyl (C=O) groups is 3. The predicted octanol–water partition coefficient (Wildman–Crippen LogP) is 4.23. The van der Waals surface area contributed by atoms with Crippen molar-refractivity contribution in [2.45, 2.75) is 0 Å². The molecule has 0 radical (unpaired) electrons. The Kier molecular flexibility index (Phi) is 7.22. The second-order valence-electron chi connectivity index (χ2n) is 6.11. The molecule has 3 N–H and O–H groups in total. The first kappa shape index (κ1) is 22.3. The Morgan fingerprint density at radius 2 is 1.65 bits per heavy atom. The molecule has 0 saturated carbocycles. The van der Waals surface area contributed by atoms with Crippen LogP contribution in [-0.2, 0) is 9.59 Å². The Labute approximate surface area is 191 Å². The van der Waals surface area contributed by atoms with Crippen LogP contribution in [0.1, 0.15) is 10.5 Å². The summed E-state index contributed by atoms with van der Waals surface area (Å²) in [6.45, 7) is 0. The van der Waals surface area contributed by atoms with E-state index in [4.69, 9.17) is 16.3 Å². The van der Waals surface area contributed by atoms with Gasteiger partial charge in [-0.1, -0.05) is 27.5 Å². The van der Waals surface area contributed by atoms with Crippen LogP contribution < -0.4 is 20.7 Å². The lowest BCUT2D eigenvalue weighted by molar-refractivity contribution is -0.132. The van der Waals surface area contributed by atoms with Gasteiger partial charge in [-0.2, -0.15) is 0 Å². The average Bonchev–Trinajstić information content (AvgIpc) is 2.76. The van der Waals surface area contributed by atoms with Crippen molar-refractivity contribution in [1.29, 1.82) is 0 Å². The SMILES string of the molecule is CNC(=O)c1cc(Oc2ccc(NC(=O)C(=O)Nc3ccc(Br)cc3Cl)cc2)ccn1. The molecule has 3 rings (SSSR count). The highest BCUT2D eigenvalue weighted by molar-refractivity contribution is 9.10. The molecule has 8 nitrogen and oxygen atoms in total. The van der Waals surface area contributed by atoms with Crippen LogP contribution in [0.2, 0.25) is 5.02 Å². The topological polar surface area (TPSA) is 109 Å². The number of hydrogen-bond donors (Lipinski definition) is 3. The molecule has 0 saturated heterocycles. The smallest absolute Gasteiger partial charge is 0.314 e. The van der Waals surface area contributed by atoms with Crippen molar-refractivity contribution in [3.63, 3.8) is 0 Å². The number of rotatable bonds is 5. The van der Waals surface area contributed by atoms with E-state index in [0.717, 1.165) is 4.47 Å². The maximum absolute atomic E-state index is 12.1. The molecule has 3 amide bonds. The number of halogens is 2. The number of anilines is 2. The quantitative estimate of drug-likeness (QED) is 0.452. The van der Waals surface area contributed by atoms with Crippen molar-refractivity contribution in [2.24, 2.45) is 0 Å². The predicted molar refractivity (Wildman–Crippen MR) is 121 cm³/mol. The number of amides is 3. The summed E-state index contributed by atoms with van der Waals surface area (Å²) in [7, 11) is 1.51. The Balaban J connectivity index is 1.60. The van der Waals surface area contributed by atoms with Crippen molar-refractivity contribution in [3.8, 4) is 11.5 Å². The van der Waals surface area contributed by atoms with Gasteiger partial charge in [-0.25, -0.2) is 0 Å². The van der Waals surface area contributed by atoms with Gasteiger partial charge in [0.2, 0.25) is 0 Å². The number of hydrogen-bond acceptors (Lipinski definition) is 5. The molecular formula is C21H16BrClN4O4. The molecule has 0 aliphatic carbocycles. The first-order chi connectivity index (χ1) is 14.9. The van der Waals surface area contributed by atoms with E-state index in [1.54, 1.807) is 48.5 Å². The number of benzene rings is 2. The van der Waals surface area contributed by atoms with Crippen molar-refractivity contribution in [2.75, 3.05) is 17.7 Å². The third-order valence-corrected chi connectivity index (χ3v) is 4.73. The van der Waals surface area contributed by atoms with Gasteiger partial charge in [-0.15, -0.1) is 0 Å². The van der Waals surface area contributed by atoms with E-state index in [9.17, 15) is 14.4 Å². The molecule has 10 heteroatoms. The molecule has 31 heavy (non-hydrogen) atoms. The molecule has 1 heterocycles. The van der Waals surface area contributed by atoms with Gasteiger partial charge in [0.25, 0.3) is 5.91 Å². The number of ether oxygens (including phenoxy) is 1. The maximum Gasteiger partial charge on any atom is 0.314 e. The lowest BCUT2D eigenvalue weighted by atomic mass is 10.3. The first-order valence-corrected chi connectivity index (χ1v) is 10.1. The van der Waals surface area contributed by atoms with Gasteiger partial charge in [-0.05, 0) is 48.5 Å². The zero-order valence-electron chi connectivity index (χ0n) is 16.1. The summed E-state index contributed by atoms with van der Waals surface area (Å²) in [5.41, 5.74) is 0.943. The standard InChI is InChI=1S/C21H16BrClN4O4/c1-24-19(28)18-11-15(8-9-25-18)31-14-5-3-13(4-6-14)26-20(29)21(30)27-17-7-2-12(22)10-16(17)23/h2-11H,1H3,(H,24,28)(H,26,29)(H,27,30). The van der Waals surface area contributed by atoms with E-state index in [1.807, 2.05) is 0 Å². The van der Waals surface area contributed by atoms with Gasteiger partial charge in [-0.3, -0.25) is 19.4 Å². The fraction of sp³-hybridized carbons (Fsp3) is 0.0476. The van der Waals surface area contributed by atoms with Crippen molar-refractivity contribution < 1.29 is 19.1 Å². The Bertz CT molecular complexity index is 1140. The van der Waals surface area contributed by atoms with Gasteiger partial charge < -0.3 is 20.7 Å². The van der Waals surface area contributed by atoms with Crippen LogP contribution in [0, 0.1) is 0 Å². The molecule has 0 bridgehead atoms. The second-order valence-corrected chi connectivity index (χ2v) is 7.44. The third kappa shape index (κ3) is 6.03. The minimum atomic E-state index is -0.858. The average molecular weight is 504 g/mol. The summed E-state index contributed by atoms with van der Waals surface area (Å²) in [5.74, 6) is -1.14. The monoisotopic (exact) mass is 502 g/mol. The van der Waals surface area contributed by atoms with Gasteiger partial charge in [0, 0.05) is 29.5 Å². The van der Waals surface area contributed by atoms with Crippen molar-refractivity contribution >= 4 is 56.6 Å². The molecular weight excluding hydrogens is 488 g/mol. The molecule has 0 aliphatic rings. The van der Waals surface area contributed by atoms with E-state index in [-0.39, 0.29) is 11.6 Å². The maximum atomic E-state index is 12.1. The van der Waals surface area contributed by atoms with Crippen LogP contribution in [0.5, 0.6) is 11.5 Å². The summed E-state index contributed by atoms with van der Waals surface area (Å²) in [6, 6.07) is 14.4. The Morgan fingerprint density at radius 3 is 2.32 bits per heavy atom.